The normalized spacial score (nSPS) is 18.6. The zero-order chi connectivity index (χ0) is 10.2. The van der Waals surface area contributed by atoms with Crippen molar-refractivity contribution in [2.45, 2.75) is 31.8 Å². The summed E-state index contributed by atoms with van der Waals surface area (Å²) in [6, 6.07) is 0. The van der Waals surface area contributed by atoms with Crippen LogP contribution in [-0.4, -0.2) is 21.8 Å². The summed E-state index contributed by atoms with van der Waals surface area (Å²) in [4.78, 5) is 10.9. The minimum atomic E-state index is -0.691. The first-order valence-corrected chi connectivity index (χ1v) is 4.42. The molecule has 76 valence electrons. The highest BCUT2D eigenvalue weighted by atomic mass is 16.6. The first-order chi connectivity index (χ1) is 6.61. The van der Waals surface area contributed by atoms with E-state index in [2.05, 4.69) is 14.9 Å². The lowest BCUT2D eigenvalue weighted by Gasteiger charge is -2.37. The number of rotatable bonds is 3. The van der Waals surface area contributed by atoms with E-state index in [-0.39, 0.29) is 17.2 Å². The van der Waals surface area contributed by atoms with Crippen LogP contribution in [0.5, 0.6) is 5.88 Å². The van der Waals surface area contributed by atoms with Crippen molar-refractivity contribution in [1.82, 2.24) is 10.3 Å². The summed E-state index contributed by atoms with van der Waals surface area (Å²) in [7, 11) is 0. The Labute approximate surface area is 80.4 Å². The quantitative estimate of drug-likeness (QED) is 0.761. The van der Waals surface area contributed by atoms with Crippen LogP contribution in [0.4, 0.5) is 0 Å². The van der Waals surface area contributed by atoms with Crippen LogP contribution in [0.1, 0.15) is 36.7 Å². The molecule has 2 rings (SSSR count). The molecule has 6 heteroatoms. The monoisotopic (exact) mass is 197 g/mol. The molecule has 0 radical (unpaired) electrons. The fourth-order valence-electron chi connectivity index (χ4n) is 1.41. The molecule has 6 nitrogen and oxygen atoms in total. The molecule has 0 atom stereocenters. The lowest BCUT2D eigenvalue weighted by molar-refractivity contribution is 0.00382. The number of aromatic nitrogens is 2. The highest BCUT2D eigenvalue weighted by Crippen LogP contribution is 2.36. The average molecular weight is 197 g/mol. The minimum Gasteiger partial charge on any atom is -0.467 e. The standard InChI is InChI=1S/C8H11N3O3/c1-8(3-2-4-8)13-7-5(6(9)12)10-14-11-7/h2-4H2,1H3,(H2,9,12). The van der Waals surface area contributed by atoms with E-state index >= 15 is 0 Å². The van der Waals surface area contributed by atoms with E-state index in [0.29, 0.717) is 0 Å². The molecule has 0 unspecified atom stereocenters. The molecule has 0 saturated heterocycles. The number of ether oxygens (including phenoxy) is 1. The van der Waals surface area contributed by atoms with E-state index < -0.39 is 5.91 Å². The van der Waals surface area contributed by atoms with Crippen molar-refractivity contribution >= 4 is 5.91 Å². The highest BCUT2D eigenvalue weighted by Gasteiger charge is 2.36. The Morgan fingerprint density at radius 2 is 2.29 bits per heavy atom. The van der Waals surface area contributed by atoms with Gasteiger partial charge in [-0.3, -0.25) is 4.79 Å². The fraction of sp³-hybridized carbons (Fsp3) is 0.625. The maximum Gasteiger partial charge on any atom is 0.289 e. The van der Waals surface area contributed by atoms with Gasteiger partial charge in [-0.15, -0.1) is 0 Å². The van der Waals surface area contributed by atoms with E-state index in [1.54, 1.807) is 0 Å². The van der Waals surface area contributed by atoms with E-state index in [9.17, 15) is 4.79 Å². The molecule has 1 aromatic heterocycles. The summed E-state index contributed by atoms with van der Waals surface area (Å²) >= 11 is 0. The Morgan fingerprint density at radius 3 is 2.79 bits per heavy atom. The lowest BCUT2D eigenvalue weighted by Crippen LogP contribution is -2.40. The van der Waals surface area contributed by atoms with Crippen LogP contribution in [-0.2, 0) is 0 Å². The molecule has 1 aliphatic rings. The van der Waals surface area contributed by atoms with Gasteiger partial charge < -0.3 is 10.5 Å². The molecule has 1 saturated carbocycles. The molecule has 0 aliphatic heterocycles. The van der Waals surface area contributed by atoms with Gasteiger partial charge in [0.05, 0.1) is 0 Å². The molecule has 1 heterocycles. The molecule has 0 aromatic carbocycles. The molecule has 1 amide bonds. The second-order valence-electron chi connectivity index (χ2n) is 3.69. The van der Waals surface area contributed by atoms with Gasteiger partial charge in [-0.1, -0.05) is 0 Å². The fourth-order valence-corrected chi connectivity index (χ4v) is 1.41. The summed E-state index contributed by atoms with van der Waals surface area (Å²) in [5, 5.41) is 6.87. The smallest absolute Gasteiger partial charge is 0.289 e. The van der Waals surface area contributed by atoms with Crippen molar-refractivity contribution in [1.29, 1.82) is 0 Å². The third kappa shape index (κ3) is 1.43. The van der Waals surface area contributed by atoms with Crippen molar-refractivity contribution in [3.63, 3.8) is 0 Å². The first kappa shape index (κ1) is 8.98. The summed E-state index contributed by atoms with van der Waals surface area (Å²) in [5.74, 6) is -0.594. The Hall–Kier alpha value is -1.59. The second kappa shape index (κ2) is 2.97. The van der Waals surface area contributed by atoms with E-state index in [1.165, 1.54) is 0 Å². The number of carbonyl (C=O) groups excluding carboxylic acids is 1. The van der Waals surface area contributed by atoms with Crippen molar-refractivity contribution in [3.05, 3.63) is 5.69 Å². The summed E-state index contributed by atoms with van der Waals surface area (Å²) in [6.45, 7) is 1.95. The van der Waals surface area contributed by atoms with E-state index in [0.717, 1.165) is 19.3 Å². The van der Waals surface area contributed by atoms with Gasteiger partial charge in [-0.2, -0.15) is 0 Å². The number of amides is 1. The van der Waals surface area contributed by atoms with Crippen LogP contribution in [0, 0.1) is 0 Å². The Kier molecular flexibility index (Phi) is 1.90. The van der Waals surface area contributed by atoms with Crippen LogP contribution in [0.15, 0.2) is 4.63 Å². The molecule has 1 fully saturated rings. The van der Waals surface area contributed by atoms with Crippen molar-refractivity contribution in [2.75, 3.05) is 0 Å². The molecule has 1 aromatic rings. The number of nitrogens with zero attached hydrogens (tertiary/aromatic N) is 2. The maximum absolute atomic E-state index is 10.9. The molecule has 0 bridgehead atoms. The Morgan fingerprint density at radius 1 is 1.57 bits per heavy atom. The molecular formula is C8H11N3O3. The lowest BCUT2D eigenvalue weighted by atomic mass is 9.82. The number of nitrogens with two attached hydrogens (primary N) is 1. The molecule has 2 N–H and O–H groups in total. The van der Waals surface area contributed by atoms with Crippen LogP contribution in [0.2, 0.25) is 0 Å². The van der Waals surface area contributed by atoms with Gasteiger partial charge in [0.15, 0.2) is 0 Å². The van der Waals surface area contributed by atoms with Gasteiger partial charge in [-0.05, 0) is 36.5 Å². The molecular weight excluding hydrogens is 186 g/mol. The zero-order valence-corrected chi connectivity index (χ0v) is 7.82. The summed E-state index contributed by atoms with van der Waals surface area (Å²) in [6.07, 6.45) is 3.00. The number of hydrogen-bond acceptors (Lipinski definition) is 5. The highest BCUT2D eigenvalue weighted by molar-refractivity contribution is 5.92. The van der Waals surface area contributed by atoms with Gasteiger partial charge in [0.1, 0.15) is 5.60 Å². The van der Waals surface area contributed by atoms with Gasteiger partial charge in [0, 0.05) is 0 Å². The Bertz CT molecular complexity index is 356. The third-order valence-electron chi connectivity index (χ3n) is 2.45. The average Bonchev–Trinajstić information content (AvgIpc) is 2.49. The molecule has 14 heavy (non-hydrogen) atoms. The summed E-state index contributed by atoms with van der Waals surface area (Å²) < 4.78 is 9.90. The van der Waals surface area contributed by atoms with Crippen LogP contribution >= 0.6 is 0 Å². The van der Waals surface area contributed by atoms with Crippen molar-refractivity contribution in [2.24, 2.45) is 5.73 Å². The number of hydrogen-bond donors (Lipinski definition) is 1. The van der Waals surface area contributed by atoms with Crippen LogP contribution < -0.4 is 10.5 Å². The predicted octanol–water partition coefficient (Wildman–Crippen LogP) is 0.490. The van der Waals surface area contributed by atoms with E-state index in [1.807, 2.05) is 6.92 Å². The maximum atomic E-state index is 10.9. The molecule has 0 spiro atoms. The number of carbonyl (C=O) groups is 1. The zero-order valence-electron chi connectivity index (χ0n) is 7.82. The van der Waals surface area contributed by atoms with Gasteiger partial charge >= 0.3 is 0 Å². The van der Waals surface area contributed by atoms with Gasteiger partial charge in [-0.25, -0.2) is 4.63 Å². The Balaban J connectivity index is 2.16. The largest absolute Gasteiger partial charge is 0.467 e. The van der Waals surface area contributed by atoms with Crippen molar-refractivity contribution in [3.8, 4) is 5.88 Å². The topological polar surface area (TPSA) is 91.2 Å². The third-order valence-corrected chi connectivity index (χ3v) is 2.45. The predicted molar refractivity (Wildman–Crippen MR) is 45.7 cm³/mol. The van der Waals surface area contributed by atoms with Gasteiger partial charge in [0.2, 0.25) is 5.69 Å². The summed E-state index contributed by atoms with van der Waals surface area (Å²) in [5.41, 5.74) is 4.77. The van der Waals surface area contributed by atoms with E-state index in [4.69, 9.17) is 10.5 Å². The SMILES string of the molecule is CC1(Oc2nonc2C(N)=O)CCC1. The first-order valence-electron chi connectivity index (χ1n) is 4.42. The second-order valence-corrected chi connectivity index (χ2v) is 3.69. The minimum absolute atomic E-state index is 0.0434. The number of primary amides is 1. The van der Waals surface area contributed by atoms with Crippen LogP contribution in [0.25, 0.3) is 0 Å². The van der Waals surface area contributed by atoms with Crippen LogP contribution in [0.3, 0.4) is 0 Å². The van der Waals surface area contributed by atoms with Gasteiger partial charge in [0.25, 0.3) is 11.8 Å². The molecule has 1 aliphatic carbocycles. The van der Waals surface area contributed by atoms with Crippen molar-refractivity contribution < 1.29 is 14.2 Å².